The van der Waals surface area contributed by atoms with Gasteiger partial charge in [0.15, 0.2) is 0 Å². The summed E-state index contributed by atoms with van der Waals surface area (Å²) in [4.78, 5) is 0. The molecule has 0 saturated carbocycles. The van der Waals surface area contributed by atoms with Gasteiger partial charge in [-0.3, -0.25) is 0 Å². The van der Waals surface area contributed by atoms with Crippen LogP contribution in [0.1, 0.15) is 26.7 Å². The lowest BCUT2D eigenvalue weighted by Crippen LogP contribution is -2.24. The molecule has 0 bridgehead atoms. The second-order valence-corrected chi connectivity index (χ2v) is 3.47. The Morgan fingerprint density at radius 3 is 2.42 bits per heavy atom. The van der Waals surface area contributed by atoms with Crippen LogP contribution in [0.5, 0.6) is 0 Å². The van der Waals surface area contributed by atoms with Crippen molar-refractivity contribution >= 4 is 0 Å². The fraction of sp³-hybridized carbons (Fsp3) is 0.636. The predicted octanol–water partition coefficient (Wildman–Crippen LogP) is 3.18. The molecule has 12 heavy (non-hydrogen) atoms. The summed E-state index contributed by atoms with van der Waals surface area (Å²) in [7, 11) is 1.72. The van der Waals surface area contributed by atoms with Gasteiger partial charge in [0.1, 0.15) is 0 Å². The fourth-order valence-corrected chi connectivity index (χ4v) is 0.920. The van der Waals surface area contributed by atoms with Gasteiger partial charge in [0.05, 0.1) is 5.60 Å². The average Bonchev–Trinajstić information content (AvgIpc) is 2.13. The van der Waals surface area contributed by atoms with E-state index >= 15 is 0 Å². The molecule has 0 radical (unpaired) electrons. The Balaban J connectivity index is 3.87. The number of methoxy groups -OCH3 is 1. The summed E-state index contributed by atoms with van der Waals surface area (Å²) in [5.41, 5.74) is -0.169. The van der Waals surface area contributed by atoms with Gasteiger partial charge in [-0.25, -0.2) is 0 Å². The topological polar surface area (TPSA) is 9.23 Å². The summed E-state index contributed by atoms with van der Waals surface area (Å²) in [6.07, 6.45) is 5.93. The minimum atomic E-state index is -0.169. The summed E-state index contributed by atoms with van der Waals surface area (Å²) in [6, 6.07) is 0. The van der Waals surface area contributed by atoms with Crippen LogP contribution in [0.3, 0.4) is 0 Å². The number of allylic oxidation sites excluding steroid dienone is 1. The Labute approximate surface area is 76.1 Å². The van der Waals surface area contributed by atoms with E-state index in [-0.39, 0.29) is 5.60 Å². The summed E-state index contributed by atoms with van der Waals surface area (Å²) in [5, 5.41) is 0. The summed E-state index contributed by atoms with van der Waals surface area (Å²) < 4.78 is 5.33. The van der Waals surface area contributed by atoms with E-state index in [4.69, 9.17) is 4.74 Å². The number of ether oxygens (including phenoxy) is 1. The molecule has 0 aromatic heterocycles. The molecule has 0 saturated heterocycles. The molecular formula is C11H20O. The van der Waals surface area contributed by atoms with E-state index in [1.807, 2.05) is 12.2 Å². The maximum atomic E-state index is 5.33. The Kier molecular flexibility index (Phi) is 4.91. The molecule has 1 heteroatoms. The third-order valence-electron chi connectivity index (χ3n) is 2.40. The van der Waals surface area contributed by atoms with Crippen molar-refractivity contribution < 1.29 is 4.74 Å². The zero-order valence-corrected chi connectivity index (χ0v) is 8.47. The molecule has 0 rings (SSSR count). The van der Waals surface area contributed by atoms with Gasteiger partial charge in [0.25, 0.3) is 0 Å². The monoisotopic (exact) mass is 168 g/mol. The zero-order chi connectivity index (χ0) is 9.61. The van der Waals surface area contributed by atoms with Crippen LogP contribution in [-0.2, 0) is 4.74 Å². The van der Waals surface area contributed by atoms with Crippen molar-refractivity contribution in [1.29, 1.82) is 0 Å². The van der Waals surface area contributed by atoms with E-state index < -0.39 is 0 Å². The van der Waals surface area contributed by atoms with Gasteiger partial charge in [-0.2, -0.15) is 0 Å². The minimum Gasteiger partial charge on any atom is -0.374 e. The van der Waals surface area contributed by atoms with Crippen LogP contribution < -0.4 is 0 Å². The maximum Gasteiger partial charge on any atom is 0.0828 e. The van der Waals surface area contributed by atoms with Crippen LogP contribution in [0.2, 0.25) is 0 Å². The number of hydrogen-bond donors (Lipinski definition) is 0. The highest BCUT2D eigenvalue weighted by molar-refractivity contribution is 4.94. The highest BCUT2D eigenvalue weighted by Crippen LogP contribution is 2.21. The molecule has 0 aliphatic rings. The van der Waals surface area contributed by atoms with Gasteiger partial charge in [0.2, 0.25) is 0 Å². The summed E-state index contributed by atoms with van der Waals surface area (Å²) in [6.45, 7) is 11.7. The standard InChI is InChI=1S/C11H20O/c1-6-10(3)8-9-11(4,7-2)12-5/h6-7,10H,1-2,8-9H2,3-5H3. The van der Waals surface area contributed by atoms with Crippen LogP contribution in [0.4, 0.5) is 0 Å². The highest BCUT2D eigenvalue weighted by atomic mass is 16.5. The van der Waals surface area contributed by atoms with Gasteiger partial charge in [-0.05, 0) is 25.7 Å². The second kappa shape index (κ2) is 5.15. The smallest absolute Gasteiger partial charge is 0.0828 e. The van der Waals surface area contributed by atoms with E-state index in [2.05, 4.69) is 27.0 Å². The molecule has 70 valence electrons. The largest absolute Gasteiger partial charge is 0.374 e. The summed E-state index contributed by atoms with van der Waals surface area (Å²) in [5.74, 6) is 0.555. The second-order valence-electron chi connectivity index (χ2n) is 3.47. The molecule has 0 aromatic carbocycles. The normalized spacial score (nSPS) is 17.9. The van der Waals surface area contributed by atoms with Crippen LogP contribution in [0.15, 0.2) is 25.3 Å². The Bertz CT molecular complexity index is 151. The number of hydrogen-bond acceptors (Lipinski definition) is 1. The zero-order valence-electron chi connectivity index (χ0n) is 8.47. The predicted molar refractivity (Wildman–Crippen MR) is 54.2 cm³/mol. The summed E-state index contributed by atoms with van der Waals surface area (Å²) >= 11 is 0. The lowest BCUT2D eigenvalue weighted by molar-refractivity contribution is 0.0380. The van der Waals surface area contributed by atoms with Crippen molar-refractivity contribution in [1.82, 2.24) is 0 Å². The number of rotatable bonds is 6. The minimum absolute atomic E-state index is 0.169. The molecule has 0 heterocycles. The van der Waals surface area contributed by atoms with Crippen molar-refractivity contribution in [2.45, 2.75) is 32.3 Å². The van der Waals surface area contributed by atoms with Crippen molar-refractivity contribution in [3.05, 3.63) is 25.3 Å². The fourth-order valence-electron chi connectivity index (χ4n) is 0.920. The third-order valence-corrected chi connectivity index (χ3v) is 2.40. The lowest BCUT2D eigenvalue weighted by atomic mass is 9.94. The Hall–Kier alpha value is -0.560. The molecule has 0 amide bonds. The third kappa shape index (κ3) is 3.72. The van der Waals surface area contributed by atoms with E-state index in [1.54, 1.807) is 7.11 Å². The highest BCUT2D eigenvalue weighted by Gasteiger charge is 2.18. The van der Waals surface area contributed by atoms with Crippen molar-refractivity contribution in [3.63, 3.8) is 0 Å². The van der Waals surface area contributed by atoms with E-state index in [9.17, 15) is 0 Å². The van der Waals surface area contributed by atoms with E-state index in [1.165, 1.54) is 0 Å². The molecule has 0 spiro atoms. The first-order valence-corrected chi connectivity index (χ1v) is 4.39. The molecule has 0 N–H and O–H groups in total. The van der Waals surface area contributed by atoms with Gasteiger partial charge in [0, 0.05) is 7.11 Å². The van der Waals surface area contributed by atoms with Crippen molar-refractivity contribution in [3.8, 4) is 0 Å². The Morgan fingerprint density at radius 2 is 2.08 bits per heavy atom. The average molecular weight is 168 g/mol. The molecule has 0 aliphatic carbocycles. The van der Waals surface area contributed by atoms with Crippen LogP contribution in [-0.4, -0.2) is 12.7 Å². The van der Waals surface area contributed by atoms with Crippen LogP contribution in [0, 0.1) is 5.92 Å². The quantitative estimate of drug-likeness (QED) is 0.553. The van der Waals surface area contributed by atoms with Crippen LogP contribution in [0.25, 0.3) is 0 Å². The van der Waals surface area contributed by atoms with E-state index in [0.717, 1.165) is 12.8 Å². The van der Waals surface area contributed by atoms with Crippen molar-refractivity contribution in [2.24, 2.45) is 5.92 Å². The molecule has 1 nitrogen and oxygen atoms in total. The first kappa shape index (κ1) is 11.4. The lowest BCUT2D eigenvalue weighted by Gasteiger charge is -2.24. The van der Waals surface area contributed by atoms with Crippen molar-refractivity contribution in [2.75, 3.05) is 7.11 Å². The molecule has 2 atom stereocenters. The van der Waals surface area contributed by atoms with Crippen LogP contribution >= 0.6 is 0 Å². The molecule has 0 aliphatic heterocycles. The molecule has 0 fully saturated rings. The van der Waals surface area contributed by atoms with Gasteiger partial charge in [-0.15, -0.1) is 13.2 Å². The van der Waals surface area contributed by atoms with Gasteiger partial charge < -0.3 is 4.74 Å². The molecule has 0 aromatic rings. The molecule has 2 unspecified atom stereocenters. The SMILES string of the molecule is C=CC(C)CCC(C)(C=C)OC. The maximum absolute atomic E-state index is 5.33. The molecular weight excluding hydrogens is 148 g/mol. The van der Waals surface area contributed by atoms with Gasteiger partial charge >= 0.3 is 0 Å². The Morgan fingerprint density at radius 1 is 1.50 bits per heavy atom. The first-order valence-electron chi connectivity index (χ1n) is 4.39. The first-order chi connectivity index (χ1) is 5.58. The van der Waals surface area contributed by atoms with Gasteiger partial charge in [-0.1, -0.05) is 19.1 Å². The van der Waals surface area contributed by atoms with E-state index in [0.29, 0.717) is 5.92 Å².